The second-order valence-electron chi connectivity index (χ2n) is 6.79. The molecule has 1 aromatic rings. The second-order valence-corrected chi connectivity index (χ2v) is 7.75. The van der Waals surface area contributed by atoms with E-state index in [-0.39, 0.29) is 36.5 Å². The number of hydrogen-bond acceptors (Lipinski definition) is 7. The Balaban J connectivity index is 1.58. The predicted molar refractivity (Wildman–Crippen MR) is 91.4 cm³/mol. The first-order valence-corrected chi connectivity index (χ1v) is 9.24. The first-order valence-electron chi connectivity index (χ1n) is 8.46. The van der Waals surface area contributed by atoms with Crippen LogP contribution < -0.4 is 0 Å². The summed E-state index contributed by atoms with van der Waals surface area (Å²) in [5.41, 5.74) is 0.446. The molecule has 1 saturated carbocycles. The quantitative estimate of drug-likeness (QED) is 0.755. The zero-order valence-electron chi connectivity index (χ0n) is 14.8. The molecule has 3 rings (SSSR count). The lowest BCUT2D eigenvalue weighted by atomic mass is 10.1. The minimum atomic E-state index is -0.0612. The number of aryl methyl sites for hydroxylation is 1. The van der Waals surface area contributed by atoms with Crippen molar-refractivity contribution in [3.63, 3.8) is 0 Å². The van der Waals surface area contributed by atoms with Gasteiger partial charge in [-0.15, -0.1) is 5.10 Å². The van der Waals surface area contributed by atoms with Crippen LogP contribution in [-0.2, 0) is 14.3 Å². The van der Waals surface area contributed by atoms with Crippen LogP contribution in [0.4, 0.5) is 0 Å². The molecule has 1 aromatic heterocycles. The molecule has 9 heteroatoms. The molecule has 8 nitrogen and oxygen atoms in total. The van der Waals surface area contributed by atoms with E-state index in [1.807, 2.05) is 11.8 Å². The molecule has 0 radical (unpaired) electrons. The zero-order chi connectivity index (χ0) is 18.0. The molecular formula is C16H24N4O4S. The van der Waals surface area contributed by atoms with Gasteiger partial charge in [-0.3, -0.25) is 9.59 Å². The van der Waals surface area contributed by atoms with Crippen LogP contribution in [0.15, 0.2) is 0 Å². The molecule has 2 aliphatic rings. The number of hydrogen-bond donors (Lipinski definition) is 0. The Morgan fingerprint density at radius 2 is 2.20 bits per heavy atom. The van der Waals surface area contributed by atoms with Crippen molar-refractivity contribution in [1.29, 1.82) is 0 Å². The van der Waals surface area contributed by atoms with Crippen LogP contribution in [-0.4, -0.2) is 83.8 Å². The van der Waals surface area contributed by atoms with Crippen LogP contribution in [0.2, 0.25) is 0 Å². The van der Waals surface area contributed by atoms with Crippen LogP contribution in [0.25, 0.3) is 0 Å². The fourth-order valence-electron chi connectivity index (χ4n) is 3.45. The number of carbonyl (C=O) groups is 2. The van der Waals surface area contributed by atoms with Gasteiger partial charge in [-0.25, -0.2) is 0 Å². The first kappa shape index (κ1) is 18.2. The number of rotatable bonds is 5. The van der Waals surface area contributed by atoms with Gasteiger partial charge in [-0.2, -0.15) is 0 Å². The summed E-state index contributed by atoms with van der Waals surface area (Å²) in [4.78, 5) is 28.6. The molecule has 1 saturated heterocycles. The van der Waals surface area contributed by atoms with Crippen LogP contribution in [0.1, 0.15) is 28.2 Å². The van der Waals surface area contributed by atoms with Crippen molar-refractivity contribution in [3.8, 4) is 0 Å². The number of morpholine rings is 1. The van der Waals surface area contributed by atoms with Gasteiger partial charge in [-0.05, 0) is 37.2 Å². The number of ether oxygens (including phenoxy) is 2. The zero-order valence-corrected chi connectivity index (χ0v) is 15.6. The fourth-order valence-corrected chi connectivity index (χ4v) is 3.91. The number of likely N-dealkylation sites (N-methyl/N-ethyl adjacent to an activating group) is 1. The number of fused-ring (bicyclic) bond motifs is 1. The third-order valence-corrected chi connectivity index (χ3v) is 5.46. The van der Waals surface area contributed by atoms with Crippen molar-refractivity contribution in [1.82, 2.24) is 19.4 Å². The van der Waals surface area contributed by atoms with Gasteiger partial charge in [0, 0.05) is 20.6 Å². The highest BCUT2D eigenvalue weighted by molar-refractivity contribution is 7.05. The Labute approximate surface area is 151 Å². The maximum atomic E-state index is 12.8. The van der Waals surface area contributed by atoms with E-state index in [0.717, 1.165) is 17.7 Å². The summed E-state index contributed by atoms with van der Waals surface area (Å²) in [6, 6.07) is 0.0421. The molecule has 0 spiro atoms. The summed E-state index contributed by atoms with van der Waals surface area (Å²) < 4.78 is 15.3. The summed E-state index contributed by atoms with van der Waals surface area (Å²) in [5, 5.41) is 3.98. The average molecular weight is 368 g/mol. The molecule has 25 heavy (non-hydrogen) atoms. The third-order valence-electron chi connectivity index (χ3n) is 4.83. The average Bonchev–Trinajstić information content (AvgIpc) is 3.19. The maximum Gasteiger partial charge on any atom is 0.276 e. The summed E-state index contributed by atoms with van der Waals surface area (Å²) in [7, 11) is 3.42. The van der Waals surface area contributed by atoms with E-state index in [1.54, 1.807) is 14.1 Å². The summed E-state index contributed by atoms with van der Waals surface area (Å²) in [5.74, 6) is 0.178. The molecule has 2 heterocycles. The molecule has 0 aromatic carbocycles. The van der Waals surface area contributed by atoms with Crippen LogP contribution in [0.3, 0.4) is 0 Å². The molecule has 2 amide bonds. The largest absolute Gasteiger partial charge is 0.374 e. The number of carbonyl (C=O) groups excluding carboxylic acids is 2. The van der Waals surface area contributed by atoms with Gasteiger partial charge in [-0.1, -0.05) is 4.49 Å². The first-order chi connectivity index (χ1) is 12.0. The van der Waals surface area contributed by atoms with Gasteiger partial charge in [0.15, 0.2) is 5.69 Å². The molecule has 138 valence electrons. The van der Waals surface area contributed by atoms with Gasteiger partial charge >= 0.3 is 0 Å². The minimum absolute atomic E-state index is 0.0303. The van der Waals surface area contributed by atoms with E-state index in [9.17, 15) is 9.59 Å². The summed E-state index contributed by atoms with van der Waals surface area (Å²) in [6.45, 7) is 3.57. The number of aromatic nitrogens is 2. The minimum Gasteiger partial charge on any atom is -0.374 e. The second kappa shape index (κ2) is 7.76. The highest BCUT2D eigenvalue weighted by atomic mass is 32.1. The van der Waals surface area contributed by atoms with Crippen LogP contribution in [0.5, 0.6) is 0 Å². The standard InChI is InChI=1S/C16H24N4O4S/c1-10-15(17-18-25-10)16(22)20-4-5-24-13-7-11(6-12(13)20)8-23-9-14(21)19(2)3/h11-13H,4-9H2,1-3H3/t11-,12+,13+/m0/s1. The highest BCUT2D eigenvalue weighted by Gasteiger charge is 2.43. The molecule has 1 aliphatic heterocycles. The van der Waals surface area contributed by atoms with Crippen LogP contribution >= 0.6 is 11.5 Å². The lowest BCUT2D eigenvalue weighted by Gasteiger charge is -2.37. The topological polar surface area (TPSA) is 84.9 Å². The Hall–Kier alpha value is -1.58. The Morgan fingerprint density at radius 3 is 2.88 bits per heavy atom. The molecular weight excluding hydrogens is 344 g/mol. The van der Waals surface area contributed by atoms with E-state index in [0.29, 0.717) is 25.5 Å². The molecule has 2 fully saturated rings. The monoisotopic (exact) mass is 368 g/mol. The molecule has 1 aliphatic carbocycles. The molecule has 0 unspecified atom stereocenters. The predicted octanol–water partition coefficient (Wildman–Crippen LogP) is 0.571. The smallest absolute Gasteiger partial charge is 0.276 e. The van der Waals surface area contributed by atoms with Gasteiger partial charge in [0.05, 0.1) is 30.2 Å². The van der Waals surface area contributed by atoms with Crippen molar-refractivity contribution >= 4 is 23.3 Å². The van der Waals surface area contributed by atoms with Crippen molar-refractivity contribution in [2.75, 3.05) is 40.5 Å². The van der Waals surface area contributed by atoms with Crippen molar-refractivity contribution < 1.29 is 19.1 Å². The summed E-state index contributed by atoms with van der Waals surface area (Å²) in [6.07, 6.45) is 1.70. The molecule has 3 atom stereocenters. The normalized spacial score (nSPS) is 25.7. The Kier molecular flexibility index (Phi) is 5.65. The fraction of sp³-hybridized carbons (Fsp3) is 0.750. The van der Waals surface area contributed by atoms with E-state index >= 15 is 0 Å². The van der Waals surface area contributed by atoms with E-state index in [2.05, 4.69) is 9.59 Å². The SMILES string of the molecule is Cc1snnc1C(=O)N1CCO[C@@H]2C[C@@H](COCC(=O)N(C)C)C[C@H]21. The van der Waals surface area contributed by atoms with E-state index in [1.165, 1.54) is 16.4 Å². The van der Waals surface area contributed by atoms with Gasteiger partial charge in [0.25, 0.3) is 5.91 Å². The van der Waals surface area contributed by atoms with Crippen LogP contribution in [0, 0.1) is 12.8 Å². The van der Waals surface area contributed by atoms with Gasteiger partial charge in [0.1, 0.15) is 6.61 Å². The van der Waals surface area contributed by atoms with Gasteiger partial charge < -0.3 is 19.3 Å². The maximum absolute atomic E-state index is 12.8. The number of nitrogens with zero attached hydrogens (tertiary/aromatic N) is 4. The highest BCUT2D eigenvalue weighted by Crippen LogP contribution is 2.35. The van der Waals surface area contributed by atoms with Crippen molar-refractivity contribution in [2.24, 2.45) is 5.92 Å². The Morgan fingerprint density at radius 1 is 1.40 bits per heavy atom. The molecule has 0 bridgehead atoms. The van der Waals surface area contributed by atoms with Gasteiger partial charge in [0.2, 0.25) is 5.91 Å². The van der Waals surface area contributed by atoms with Crippen molar-refractivity contribution in [2.45, 2.75) is 31.9 Å². The number of amides is 2. The lowest BCUT2D eigenvalue weighted by molar-refractivity contribution is -0.134. The van der Waals surface area contributed by atoms with E-state index in [4.69, 9.17) is 9.47 Å². The lowest BCUT2D eigenvalue weighted by Crippen LogP contribution is -2.51. The summed E-state index contributed by atoms with van der Waals surface area (Å²) >= 11 is 1.24. The van der Waals surface area contributed by atoms with E-state index < -0.39 is 0 Å². The Bertz CT molecular complexity index is 635. The third kappa shape index (κ3) is 3.99. The van der Waals surface area contributed by atoms with Crippen molar-refractivity contribution in [3.05, 3.63) is 10.6 Å². The molecule has 0 N–H and O–H groups in total.